The molecular formula is C11H9ClN4S2. The van der Waals surface area contributed by atoms with Gasteiger partial charge in [-0.2, -0.15) is 0 Å². The first kappa shape index (κ1) is 12.0. The van der Waals surface area contributed by atoms with Crippen LogP contribution in [0, 0.1) is 6.92 Å². The van der Waals surface area contributed by atoms with Gasteiger partial charge in [0.15, 0.2) is 9.50 Å². The molecule has 0 unspecified atom stereocenters. The summed E-state index contributed by atoms with van der Waals surface area (Å²) in [6.07, 6.45) is 0. The second-order valence-corrected chi connectivity index (χ2v) is 6.41. The van der Waals surface area contributed by atoms with Gasteiger partial charge in [-0.3, -0.25) is 0 Å². The van der Waals surface area contributed by atoms with Crippen LogP contribution >= 0.6 is 34.7 Å². The van der Waals surface area contributed by atoms with E-state index in [1.807, 2.05) is 36.7 Å². The minimum Gasteiger partial charge on any atom is -0.309 e. The Morgan fingerprint density at radius 1 is 1.33 bits per heavy atom. The molecule has 0 saturated carbocycles. The monoisotopic (exact) mass is 296 g/mol. The highest BCUT2D eigenvalue weighted by Gasteiger charge is 2.12. The van der Waals surface area contributed by atoms with Gasteiger partial charge < -0.3 is 4.57 Å². The number of hydrogen-bond acceptors (Lipinski definition) is 5. The van der Waals surface area contributed by atoms with E-state index in [4.69, 9.17) is 11.6 Å². The van der Waals surface area contributed by atoms with Crippen LogP contribution in [0.15, 0.2) is 27.7 Å². The Balaban J connectivity index is 2.00. The predicted octanol–water partition coefficient (Wildman–Crippen LogP) is 3.54. The standard InChI is InChI=1S/C11H9ClN4S2/c1-6-14-15-10(16(6)2)18-11-13-9-7(12)4-3-5-8(9)17-11/h3-5H,1-2H3. The minimum atomic E-state index is 0.685. The van der Waals surface area contributed by atoms with Crippen molar-refractivity contribution in [1.29, 1.82) is 0 Å². The van der Waals surface area contributed by atoms with Crippen molar-refractivity contribution < 1.29 is 0 Å². The van der Waals surface area contributed by atoms with Crippen molar-refractivity contribution in [3.63, 3.8) is 0 Å². The van der Waals surface area contributed by atoms with Crippen LogP contribution in [0.1, 0.15) is 5.82 Å². The van der Waals surface area contributed by atoms with Crippen LogP contribution in [0.3, 0.4) is 0 Å². The molecule has 0 radical (unpaired) electrons. The summed E-state index contributed by atoms with van der Waals surface area (Å²) >= 11 is 9.23. The Hall–Kier alpha value is -1.11. The molecule has 3 aromatic rings. The highest BCUT2D eigenvalue weighted by molar-refractivity contribution is 8.01. The van der Waals surface area contributed by atoms with Crippen LogP contribution in [-0.2, 0) is 7.05 Å². The zero-order valence-corrected chi connectivity index (χ0v) is 12.1. The van der Waals surface area contributed by atoms with E-state index in [1.54, 1.807) is 11.3 Å². The van der Waals surface area contributed by atoms with Gasteiger partial charge in [-0.05, 0) is 30.8 Å². The average Bonchev–Trinajstić information content (AvgIpc) is 2.89. The first-order valence-electron chi connectivity index (χ1n) is 5.24. The number of benzene rings is 1. The molecule has 18 heavy (non-hydrogen) atoms. The second kappa shape index (κ2) is 4.53. The summed E-state index contributed by atoms with van der Waals surface area (Å²) in [7, 11) is 1.94. The summed E-state index contributed by atoms with van der Waals surface area (Å²) in [5.74, 6) is 0.886. The van der Waals surface area contributed by atoms with Crippen molar-refractivity contribution in [2.24, 2.45) is 7.05 Å². The van der Waals surface area contributed by atoms with Gasteiger partial charge in [-0.1, -0.05) is 17.7 Å². The van der Waals surface area contributed by atoms with E-state index in [1.165, 1.54) is 11.8 Å². The maximum Gasteiger partial charge on any atom is 0.198 e. The van der Waals surface area contributed by atoms with Crippen molar-refractivity contribution in [2.45, 2.75) is 16.4 Å². The van der Waals surface area contributed by atoms with Crippen molar-refractivity contribution in [3.05, 3.63) is 29.0 Å². The smallest absolute Gasteiger partial charge is 0.198 e. The van der Waals surface area contributed by atoms with Crippen molar-refractivity contribution >= 4 is 44.9 Å². The molecule has 0 saturated heterocycles. The van der Waals surface area contributed by atoms with Gasteiger partial charge in [0.25, 0.3) is 0 Å². The molecule has 2 aromatic heterocycles. The van der Waals surface area contributed by atoms with E-state index < -0.39 is 0 Å². The maximum absolute atomic E-state index is 6.11. The summed E-state index contributed by atoms with van der Waals surface area (Å²) < 4.78 is 3.95. The number of thiazole rings is 1. The summed E-state index contributed by atoms with van der Waals surface area (Å²) in [6.45, 7) is 1.92. The number of rotatable bonds is 2. The SMILES string of the molecule is Cc1nnc(Sc2nc3c(Cl)cccc3s2)n1C. The van der Waals surface area contributed by atoms with E-state index in [9.17, 15) is 0 Å². The third kappa shape index (κ3) is 2.00. The molecule has 2 heterocycles. The van der Waals surface area contributed by atoms with Crippen molar-refractivity contribution in [1.82, 2.24) is 19.7 Å². The lowest BCUT2D eigenvalue weighted by atomic mass is 10.3. The summed E-state index contributed by atoms with van der Waals surface area (Å²) in [5.41, 5.74) is 0.852. The zero-order valence-electron chi connectivity index (χ0n) is 9.72. The Labute approximate surface area is 117 Å². The molecule has 1 aromatic carbocycles. The Bertz CT molecular complexity index is 719. The molecule has 0 bridgehead atoms. The number of para-hydroxylation sites is 1. The number of halogens is 1. The van der Waals surface area contributed by atoms with E-state index in [2.05, 4.69) is 15.2 Å². The van der Waals surface area contributed by atoms with Crippen LogP contribution in [0.5, 0.6) is 0 Å². The van der Waals surface area contributed by atoms with E-state index >= 15 is 0 Å². The van der Waals surface area contributed by atoms with Gasteiger partial charge in [0, 0.05) is 7.05 Å². The Morgan fingerprint density at radius 2 is 2.17 bits per heavy atom. The molecule has 4 nitrogen and oxygen atoms in total. The van der Waals surface area contributed by atoms with Crippen LogP contribution in [0.4, 0.5) is 0 Å². The molecule has 0 N–H and O–H groups in total. The van der Waals surface area contributed by atoms with Gasteiger partial charge in [-0.15, -0.1) is 21.5 Å². The highest BCUT2D eigenvalue weighted by Crippen LogP contribution is 2.35. The third-order valence-corrected chi connectivity index (χ3v) is 5.01. The van der Waals surface area contributed by atoms with Crippen LogP contribution in [-0.4, -0.2) is 19.7 Å². The Morgan fingerprint density at radius 3 is 2.83 bits per heavy atom. The molecule has 0 aliphatic rings. The second-order valence-electron chi connectivity index (χ2n) is 3.76. The number of nitrogens with zero attached hydrogens (tertiary/aromatic N) is 4. The third-order valence-electron chi connectivity index (χ3n) is 2.58. The van der Waals surface area contributed by atoms with E-state index in [0.29, 0.717) is 5.02 Å². The molecule has 92 valence electrons. The molecule has 3 rings (SSSR count). The molecule has 0 fully saturated rings. The fourth-order valence-electron chi connectivity index (χ4n) is 1.49. The van der Waals surface area contributed by atoms with Crippen molar-refractivity contribution in [2.75, 3.05) is 0 Å². The van der Waals surface area contributed by atoms with Crippen LogP contribution < -0.4 is 0 Å². The molecule has 0 atom stereocenters. The number of hydrogen-bond donors (Lipinski definition) is 0. The van der Waals surface area contributed by atoms with Crippen LogP contribution in [0.2, 0.25) is 5.02 Å². The minimum absolute atomic E-state index is 0.685. The first-order valence-corrected chi connectivity index (χ1v) is 7.25. The molecular weight excluding hydrogens is 288 g/mol. The van der Waals surface area contributed by atoms with Crippen molar-refractivity contribution in [3.8, 4) is 0 Å². The summed E-state index contributed by atoms with van der Waals surface area (Å²) in [4.78, 5) is 4.53. The topological polar surface area (TPSA) is 43.6 Å². The lowest BCUT2D eigenvalue weighted by Crippen LogP contribution is -1.92. The molecule has 0 aliphatic heterocycles. The fourth-order valence-corrected chi connectivity index (χ4v) is 3.79. The predicted molar refractivity (Wildman–Crippen MR) is 74.5 cm³/mol. The van der Waals surface area contributed by atoms with Gasteiger partial charge in [0.05, 0.1) is 9.72 Å². The van der Waals surface area contributed by atoms with Gasteiger partial charge in [0.1, 0.15) is 11.3 Å². The molecule has 0 amide bonds. The number of fused-ring (bicyclic) bond motifs is 1. The number of aromatic nitrogens is 4. The maximum atomic E-state index is 6.11. The average molecular weight is 297 g/mol. The Kier molecular flexibility index (Phi) is 3.01. The lowest BCUT2D eigenvalue weighted by Gasteiger charge is -1.96. The normalized spacial score (nSPS) is 11.3. The lowest BCUT2D eigenvalue weighted by molar-refractivity contribution is 0.765. The quantitative estimate of drug-likeness (QED) is 0.725. The van der Waals surface area contributed by atoms with E-state index in [0.717, 1.165) is 25.5 Å². The summed E-state index contributed by atoms with van der Waals surface area (Å²) in [6, 6.07) is 5.80. The fraction of sp³-hybridized carbons (Fsp3) is 0.182. The molecule has 0 aliphatic carbocycles. The summed E-state index contributed by atoms with van der Waals surface area (Å²) in [5, 5.41) is 9.66. The van der Waals surface area contributed by atoms with E-state index in [-0.39, 0.29) is 0 Å². The molecule has 7 heteroatoms. The van der Waals surface area contributed by atoms with Gasteiger partial charge in [0.2, 0.25) is 0 Å². The zero-order chi connectivity index (χ0) is 12.7. The highest BCUT2D eigenvalue weighted by atomic mass is 35.5. The first-order chi connectivity index (χ1) is 8.65. The van der Waals surface area contributed by atoms with Crippen LogP contribution in [0.25, 0.3) is 10.2 Å². The molecule has 0 spiro atoms. The largest absolute Gasteiger partial charge is 0.309 e. The van der Waals surface area contributed by atoms with Gasteiger partial charge in [-0.25, -0.2) is 4.98 Å². The van der Waals surface area contributed by atoms with Gasteiger partial charge >= 0.3 is 0 Å². The number of aryl methyl sites for hydroxylation is 1.